The molecule has 10 N–H and O–H groups in total. The van der Waals surface area contributed by atoms with Crippen molar-refractivity contribution in [1.82, 2.24) is 0 Å². The number of ether oxygens (including phenoxy) is 8. The van der Waals surface area contributed by atoms with Crippen molar-refractivity contribution >= 4 is 31.7 Å². The van der Waals surface area contributed by atoms with Crippen molar-refractivity contribution in [2.75, 3.05) is 26.4 Å². The molecule has 0 bridgehead atoms. The fourth-order valence-corrected chi connectivity index (χ4v) is 16.4. The van der Waals surface area contributed by atoms with E-state index in [0.717, 1.165) is 116 Å². The lowest BCUT2D eigenvalue weighted by molar-refractivity contribution is -0.360. The molecule has 0 aromatic carbocycles. The minimum atomic E-state index is -5.81. The van der Waals surface area contributed by atoms with Crippen molar-refractivity contribution in [1.29, 1.82) is 0 Å². The largest absolute Gasteiger partial charge is 0.472 e. The number of esters is 4. The van der Waals surface area contributed by atoms with Gasteiger partial charge in [-0.15, -0.1) is 0 Å². The van der Waals surface area contributed by atoms with Crippen molar-refractivity contribution in [3.05, 3.63) is 24.3 Å². The lowest BCUT2D eigenvalue weighted by Crippen LogP contribution is -2.70. The summed E-state index contributed by atoms with van der Waals surface area (Å²) in [6.45, 7) is 5.57. The third kappa shape index (κ3) is 50.5. The van der Waals surface area contributed by atoms with Crippen LogP contribution in [0.3, 0.4) is 0 Å². The second-order valence-corrected chi connectivity index (χ2v) is 34.9. The highest BCUT2D eigenvalue weighted by molar-refractivity contribution is 7.47. The number of carbonyl (C=O) groups excluding carboxylic acids is 4. The Morgan fingerprint density at radius 3 is 1.03 bits per heavy atom. The first kappa shape index (κ1) is 108. The number of allylic oxidation sites excluding steroid dienone is 4. The van der Waals surface area contributed by atoms with Crippen LogP contribution < -0.4 is 0 Å². The minimum Gasteiger partial charge on any atom is -0.463 e. The Labute approximate surface area is 704 Å². The van der Waals surface area contributed by atoms with Crippen LogP contribution in [0.5, 0.6) is 0 Å². The average molecular weight is 1690 g/mol. The Hall–Kier alpha value is -3.05. The first-order valence-electron chi connectivity index (χ1n) is 47.1. The van der Waals surface area contributed by atoms with E-state index in [0.29, 0.717) is 44.9 Å². The van der Waals surface area contributed by atoms with Crippen molar-refractivity contribution in [2.24, 2.45) is 0 Å². The number of hydrogen-bond donors (Lipinski definition) is 10. The SMILES string of the molecule is CCCCCCCC/C=C\CCCCCC(=O)OCC1OC(OC2C(OC(=O)CCCCCCCCCCCCCCCCCC)C(O)C(O)C(OC3OC(CO)C(O)C(O)C3O)C2OP(=O)(O)OCC(COC(=O)CCCCCCCCCCCCCCCCCC)OC(=O)CCCCC/C=C\CCCCCCCC)C(O)C(O)C1O. The van der Waals surface area contributed by atoms with Crippen molar-refractivity contribution < 1.29 is 122 Å². The van der Waals surface area contributed by atoms with Crippen LogP contribution in [0.1, 0.15) is 400 Å². The fraction of sp³-hybridized carbons (Fsp3) is 0.912. The molecule has 26 heteroatoms. The van der Waals surface area contributed by atoms with Gasteiger partial charge in [-0.05, 0) is 77.0 Å². The predicted molar refractivity (Wildman–Crippen MR) is 453 cm³/mol. The van der Waals surface area contributed by atoms with Gasteiger partial charge in [-0.25, -0.2) is 4.57 Å². The first-order chi connectivity index (χ1) is 56.7. The van der Waals surface area contributed by atoms with Crippen LogP contribution >= 0.6 is 7.82 Å². The van der Waals surface area contributed by atoms with E-state index >= 15 is 0 Å². The standard InChI is InChI=1S/C91H167O25P/c1-5-9-13-17-21-25-29-33-35-37-41-44-47-51-55-59-63-74(93)107-68-71(110-76(95)65-61-57-53-49-45-40-32-28-24-20-16-12-8-4)69-109-117(105,106)116-89-87(114-90-84(103)80(99)78(97)72(67-92)111-90)83(102)82(101)86(113-77(96)66-62-58-54-50-46-42-38-36-34-30-26-22-18-14-10-6-2)88(89)115-91-85(104)81(100)79(98)73(112-91)70-108-75(94)64-60-56-52-48-43-39-31-27-23-19-15-11-7-3/h39-40,43,45,71-73,78-92,97-104H,5-38,41-42,44,46-70H2,1-4H3,(H,105,106)/b43-39-,45-40-. The molecule has 0 radical (unpaired) electrons. The highest BCUT2D eigenvalue weighted by Gasteiger charge is 2.60. The van der Waals surface area contributed by atoms with E-state index in [1.165, 1.54) is 186 Å². The number of unbranched alkanes of at least 4 members (excludes halogenated alkanes) is 48. The molecule has 18 unspecified atom stereocenters. The van der Waals surface area contributed by atoms with Gasteiger partial charge >= 0.3 is 31.7 Å². The van der Waals surface area contributed by atoms with Gasteiger partial charge in [0.15, 0.2) is 24.8 Å². The molecule has 3 aliphatic rings. The second kappa shape index (κ2) is 70.3. The van der Waals surface area contributed by atoms with Gasteiger partial charge in [-0.3, -0.25) is 28.2 Å². The van der Waals surface area contributed by atoms with Crippen LogP contribution in [-0.2, 0) is 70.7 Å². The minimum absolute atomic E-state index is 0.00602. The van der Waals surface area contributed by atoms with Crippen LogP contribution in [0.25, 0.3) is 0 Å². The summed E-state index contributed by atoms with van der Waals surface area (Å²) < 4.78 is 73.4. The maximum atomic E-state index is 14.9. The molecule has 0 aromatic heterocycles. The van der Waals surface area contributed by atoms with E-state index in [4.69, 9.17) is 46.9 Å². The monoisotopic (exact) mass is 1690 g/mol. The number of hydrogen-bond acceptors (Lipinski definition) is 24. The van der Waals surface area contributed by atoms with E-state index in [-0.39, 0.29) is 25.7 Å². The molecule has 18 atom stereocenters. The molecule has 686 valence electrons. The summed E-state index contributed by atoms with van der Waals surface area (Å²) in [5.41, 5.74) is 0. The van der Waals surface area contributed by atoms with Crippen LogP contribution in [0.4, 0.5) is 0 Å². The number of phosphoric ester groups is 1. The average Bonchev–Trinajstić information content (AvgIpc) is 0.754. The molecule has 0 amide bonds. The fourth-order valence-electron chi connectivity index (χ4n) is 15.4. The zero-order valence-electron chi connectivity index (χ0n) is 73.0. The van der Waals surface area contributed by atoms with Crippen LogP contribution in [0.2, 0.25) is 0 Å². The molecular formula is C91H167O25P. The first-order valence-corrected chi connectivity index (χ1v) is 48.6. The summed E-state index contributed by atoms with van der Waals surface area (Å²) in [5.74, 6) is -2.99. The Morgan fingerprint density at radius 2 is 0.641 bits per heavy atom. The molecule has 117 heavy (non-hydrogen) atoms. The molecule has 0 spiro atoms. The molecule has 2 aliphatic heterocycles. The summed E-state index contributed by atoms with van der Waals surface area (Å²) in [6.07, 6.45) is 30.3. The Bertz CT molecular complexity index is 2530. The normalized spacial score (nSPS) is 25.1. The molecule has 2 heterocycles. The lowest BCUT2D eigenvalue weighted by Gasteiger charge is -2.50. The van der Waals surface area contributed by atoms with E-state index < -0.39 is 162 Å². The van der Waals surface area contributed by atoms with E-state index in [1.807, 2.05) is 0 Å². The maximum absolute atomic E-state index is 14.9. The highest BCUT2D eigenvalue weighted by atomic mass is 31.2. The van der Waals surface area contributed by atoms with Crippen molar-refractivity contribution in [3.8, 4) is 0 Å². The Morgan fingerprint density at radius 1 is 0.333 bits per heavy atom. The molecular weight excluding hydrogens is 1520 g/mol. The Balaban J connectivity index is 1.92. The van der Waals surface area contributed by atoms with E-state index in [9.17, 15) is 74.6 Å². The van der Waals surface area contributed by atoms with E-state index in [1.54, 1.807) is 0 Å². The van der Waals surface area contributed by atoms with Gasteiger partial charge in [0, 0.05) is 25.7 Å². The maximum Gasteiger partial charge on any atom is 0.472 e. The third-order valence-electron chi connectivity index (χ3n) is 22.9. The number of carbonyl (C=O) groups is 4. The zero-order valence-corrected chi connectivity index (χ0v) is 73.9. The Kier molecular flexibility index (Phi) is 64.9. The summed E-state index contributed by atoms with van der Waals surface area (Å²) in [4.78, 5) is 66.4. The van der Waals surface area contributed by atoms with Gasteiger partial charge in [-0.2, -0.15) is 0 Å². The van der Waals surface area contributed by atoms with Crippen molar-refractivity contribution in [2.45, 2.75) is 504 Å². The van der Waals surface area contributed by atoms with Crippen LogP contribution in [0.15, 0.2) is 24.3 Å². The molecule has 3 fully saturated rings. The summed E-state index contributed by atoms with van der Waals surface area (Å²) in [7, 11) is -5.81. The lowest BCUT2D eigenvalue weighted by atomic mass is 9.84. The number of rotatable bonds is 76. The van der Waals surface area contributed by atoms with Gasteiger partial charge < -0.3 is 88.7 Å². The summed E-state index contributed by atoms with van der Waals surface area (Å²) in [5, 5.41) is 102. The van der Waals surface area contributed by atoms with Gasteiger partial charge in [0.2, 0.25) is 0 Å². The third-order valence-corrected chi connectivity index (χ3v) is 23.9. The summed E-state index contributed by atoms with van der Waals surface area (Å²) in [6, 6.07) is 0. The van der Waals surface area contributed by atoms with Gasteiger partial charge in [-0.1, -0.05) is 322 Å². The molecule has 1 aliphatic carbocycles. The molecule has 25 nitrogen and oxygen atoms in total. The van der Waals surface area contributed by atoms with Gasteiger partial charge in [0.05, 0.1) is 13.2 Å². The number of aliphatic hydroxyl groups excluding tert-OH is 9. The zero-order chi connectivity index (χ0) is 85.4. The second-order valence-electron chi connectivity index (χ2n) is 33.5. The molecule has 1 saturated carbocycles. The quantitative estimate of drug-likeness (QED) is 0.00889. The number of aliphatic hydroxyl groups is 9. The molecule has 3 rings (SSSR count). The smallest absolute Gasteiger partial charge is 0.463 e. The van der Waals surface area contributed by atoms with Gasteiger partial charge in [0.1, 0.15) is 92.6 Å². The summed E-state index contributed by atoms with van der Waals surface area (Å²) >= 11 is 0. The molecule has 0 aromatic rings. The van der Waals surface area contributed by atoms with E-state index in [2.05, 4.69) is 52.0 Å². The highest BCUT2D eigenvalue weighted by Crippen LogP contribution is 2.49. The van der Waals surface area contributed by atoms with Crippen LogP contribution in [0, 0.1) is 0 Å². The van der Waals surface area contributed by atoms with Crippen molar-refractivity contribution in [3.63, 3.8) is 0 Å². The van der Waals surface area contributed by atoms with Crippen LogP contribution in [-0.4, -0.2) is 205 Å². The molecule has 2 saturated heterocycles. The number of phosphoric acid groups is 1. The predicted octanol–water partition coefficient (Wildman–Crippen LogP) is 17.3. The topological polar surface area (TPSA) is 380 Å². The van der Waals surface area contributed by atoms with Gasteiger partial charge in [0.25, 0.3) is 0 Å².